The normalized spacial score (nSPS) is 12.6. The molecule has 0 radical (unpaired) electrons. The minimum atomic E-state index is -0.788. The number of carbonyl (C=O) groups is 3. The average molecular weight is 936 g/mol. The van der Waals surface area contributed by atoms with Crippen LogP contribution in [0, 0.1) is 0 Å². The fourth-order valence-electron chi connectivity index (χ4n) is 7.93. The molecule has 6 heteroatoms. The number of carbonyl (C=O) groups excluding carboxylic acids is 3. The molecule has 0 N–H and O–H groups in total. The van der Waals surface area contributed by atoms with Gasteiger partial charge in [0.15, 0.2) is 6.10 Å². The van der Waals surface area contributed by atoms with Crippen LogP contribution in [0.2, 0.25) is 0 Å². The molecule has 0 aliphatic heterocycles. The van der Waals surface area contributed by atoms with E-state index < -0.39 is 6.10 Å². The Bertz CT molecular complexity index is 1260. The van der Waals surface area contributed by atoms with Crippen LogP contribution in [-0.2, 0) is 28.6 Å². The van der Waals surface area contributed by atoms with Gasteiger partial charge in [-0.3, -0.25) is 14.4 Å². The summed E-state index contributed by atoms with van der Waals surface area (Å²) >= 11 is 0. The number of allylic oxidation sites excluding steroid dienone is 12. The minimum Gasteiger partial charge on any atom is -0.462 e. The van der Waals surface area contributed by atoms with Gasteiger partial charge in [-0.25, -0.2) is 0 Å². The van der Waals surface area contributed by atoms with Crippen LogP contribution in [0.1, 0.15) is 278 Å². The second-order valence-corrected chi connectivity index (χ2v) is 18.8. The van der Waals surface area contributed by atoms with Gasteiger partial charge in [-0.15, -0.1) is 0 Å². The van der Waals surface area contributed by atoms with E-state index in [0.29, 0.717) is 19.3 Å². The predicted octanol–water partition coefficient (Wildman–Crippen LogP) is 19.0. The van der Waals surface area contributed by atoms with Gasteiger partial charge < -0.3 is 14.2 Å². The summed E-state index contributed by atoms with van der Waals surface area (Å²) in [5.74, 6) is -0.908. The van der Waals surface area contributed by atoms with Crippen molar-refractivity contribution in [1.29, 1.82) is 0 Å². The van der Waals surface area contributed by atoms with E-state index in [2.05, 4.69) is 93.7 Å². The van der Waals surface area contributed by atoms with Crippen molar-refractivity contribution in [3.05, 3.63) is 72.9 Å². The minimum absolute atomic E-state index is 0.0850. The van der Waals surface area contributed by atoms with Crippen molar-refractivity contribution in [2.45, 2.75) is 284 Å². The van der Waals surface area contributed by atoms with Gasteiger partial charge in [-0.2, -0.15) is 0 Å². The molecule has 0 saturated heterocycles. The number of hydrogen-bond acceptors (Lipinski definition) is 6. The van der Waals surface area contributed by atoms with E-state index >= 15 is 0 Å². The third-order valence-electron chi connectivity index (χ3n) is 12.2. The summed E-state index contributed by atoms with van der Waals surface area (Å²) in [6.07, 6.45) is 70.3. The Kier molecular flexibility index (Phi) is 52.8. The first kappa shape index (κ1) is 63.8. The Morgan fingerprint density at radius 3 is 0.910 bits per heavy atom. The number of ether oxygens (including phenoxy) is 3. The van der Waals surface area contributed by atoms with E-state index in [1.54, 1.807) is 0 Å². The van der Waals surface area contributed by atoms with Crippen molar-refractivity contribution in [3.8, 4) is 0 Å². The molecule has 1 unspecified atom stereocenters. The van der Waals surface area contributed by atoms with Crippen LogP contribution in [-0.4, -0.2) is 37.2 Å². The Labute approximate surface area is 414 Å². The summed E-state index contributed by atoms with van der Waals surface area (Å²) in [7, 11) is 0. The zero-order valence-electron chi connectivity index (χ0n) is 44.2. The summed E-state index contributed by atoms with van der Waals surface area (Å²) in [5.41, 5.74) is 0. The van der Waals surface area contributed by atoms with E-state index in [1.165, 1.54) is 122 Å². The average Bonchev–Trinajstić information content (AvgIpc) is 3.33. The van der Waals surface area contributed by atoms with Crippen LogP contribution in [0.15, 0.2) is 72.9 Å². The highest BCUT2D eigenvalue weighted by Crippen LogP contribution is 2.15. The third-order valence-corrected chi connectivity index (χ3v) is 12.2. The van der Waals surface area contributed by atoms with E-state index in [-0.39, 0.29) is 31.1 Å². The Morgan fingerprint density at radius 2 is 0.582 bits per heavy atom. The van der Waals surface area contributed by atoms with Gasteiger partial charge in [0.1, 0.15) is 13.2 Å². The van der Waals surface area contributed by atoms with Crippen molar-refractivity contribution in [1.82, 2.24) is 0 Å². The van der Waals surface area contributed by atoms with Gasteiger partial charge >= 0.3 is 17.9 Å². The van der Waals surface area contributed by atoms with E-state index in [9.17, 15) is 14.4 Å². The number of hydrogen-bond donors (Lipinski definition) is 0. The van der Waals surface area contributed by atoms with Gasteiger partial charge in [-0.1, -0.05) is 241 Å². The topological polar surface area (TPSA) is 78.9 Å². The second-order valence-electron chi connectivity index (χ2n) is 18.8. The maximum Gasteiger partial charge on any atom is 0.306 e. The maximum atomic E-state index is 12.8. The lowest BCUT2D eigenvalue weighted by atomic mass is 10.0. The zero-order chi connectivity index (χ0) is 48.6. The third kappa shape index (κ3) is 53.7. The van der Waals surface area contributed by atoms with Gasteiger partial charge in [0.25, 0.3) is 0 Å². The highest BCUT2D eigenvalue weighted by Gasteiger charge is 2.19. The summed E-state index contributed by atoms with van der Waals surface area (Å²) in [6, 6.07) is 0. The molecule has 0 aliphatic rings. The quantitative estimate of drug-likeness (QED) is 0.0262. The molecule has 0 heterocycles. The zero-order valence-corrected chi connectivity index (χ0v) is 44.2. The molecule has 0 aromatic rings. The molecular weight excluding hydrogens is 829 g/mol. The van der Waals surface area contributed by atoms with Crippen molar-refractivity contribution < 1.29 is 28.6 Å². The van der Waals surface area contributed by atoms with Crippen molar-refractivity contribution in [3.63, 3.8) is 0 Å². The first-order valence-electron chi connectivity index (χ1n) is 28.4. The molecule has 0 aromatic carbocycles. The molecule has 0 spiro atoms. The van der Waals surface area contributed by atoms with Gasteiger partial charge in [0.05, 0.1) is 0 Å². The first-order chi connectivity index (χ1) is 33.0. The molecule has 0 rings (SSSR count). The van der Waals surface area contributed by atoms with Crippen LogP contribution in [0.3, 0.4) is 0 Å². The Morgan fingerprint density at radius 1 is 0.313 bits per heavy atom. The number of unbranched alkanes of at least 4 members (excludes halogenated alkanes) is 28. The number of rotatable bonds is 51. The van der Waals surface area contributed by atoms with Gasteiger partial charge in [-0.05, 0) is 89.9 Å². The summed E-state index contributed by atoms with van der Waals surface area (Å²) in [6.45, 7) is 6.51. The first-order valence-corrected chi connectivity index (χ1v) is 28.4. The van der Waals surface area contributed by atoms with Gasteiger partial charge in [0.2, 0.25) is 0 Å². The fraction of sp³-hybridized carbons (Fsp3) is 0.754. The molecule has 386 valence electrons. The molecule has 1 atom stereocenters. The lowest BCUT2D eigenvalue weighted by Gasteiger charge is -2.18. The lowest BCUT2D eigenvalue weighted by Crippen LogP contribution is -2.30. The number of esters is 3. The molecule has 0 aliphatic carbocycles. The Balaban J connectivity index is 4.39. The van der Waals surface area contributed by atoms with E-state index in [4.69, 9.17) is 14.2 Å². The molecular formula is C61H106O6. The molecule has 67 heavy (non-hydrogen) atoms. The van der Waals surface area contributed by atoms with Crippen molar-refractivity contribution in [2.24, 2.45) is 0 Å². The highest BCUT2D eigenvalue weighted by atomic mass is 16.6. The maximum absolute atomic E-state index is 12.8. The lowest BCUT2D eigenvalue weighted by molar-refractivity contribution is -0.167. The highest BCUT2D eigenvalue weighted by molar-refractivity contribution is 5.71. The van der Waals surface area contributed by atoms with E-state index in [1.807, 2.05) is 0 Å². The molecule has 6 nitrogen and oxygen atoms in total. The second kappa shape index (κ2) is 55.4. The SMILES string of the molecule is CC/C=C\C/C=C\C/C=C\CCCCCCCC(=O)OC(COC(=O)CCCCCCCC/C=C\C/C=C\C/C=C\CCCCCCC)COC(=O)CCCCCCCCCCCCCCC. The van der Waals surface area contributed by atoms with E-state index in [0.717, 1.165) is 116 Å². The molecule has 0 fully saturated rings. The van der Waals surface area contributed by atoms with Crippen LogP contribution in [0.4, 0.5) is 0 Å². The summed E-state index contributed by atoms with van der Waals surface area (Å²) < 4.78 is 16.8. The standard InChI is InChI=1S/C61H106O6/c1-4-7-10-13-16-19-22-25-27-28-29-30-31-32-34-36-39-42-45-48-51-54-60(63)66-57-58(56-65-59(62)53-50-47-44-41-38-35-24-21-18-15-12-9-6-3)67-61(64)55-52-49-46-43-40-37-33-26-23-20-17-14-11-8-5-2/h8,11,17,20,22,25-26,28-29,31-33,58H,4-7,9-10,12-16,18-19,21,23-24,27,30,34-57H2,1-3H3/b11-8-,20-17-,25-22-,29-28-,32-31-,33-26-. The molecule has 0 bridgehead atoms. The van der Waals surface area contributed by atoms with Crippen LogP contribution < -0.4 is 0 Å². The largest absolute Gasteiger partial charge is 0.462 e. The summed E-state index contributed by atoms with van der Waals surface area (Å²) in [5, 5.41) is 0. The smallest absolute Gasteiger partial charge is 0.306 e. The summed E-state index contributed by atoms with van der Waals surface area (Å²) in [4.78, 5) is 38.1. The molecule has 0 amide bonds. The van der Waals surface area contributed by atoms with Gasteiger partial charge in [0, 0.05) is 19.3 Å². The monoisotopic (exact) mass is 935 g/mol. The Hall–Kier alpha value is -3.15. The predicted molar refractivity (Wildman–Crippen MR) is 288 cm³/mol. The van der Waals surface area contributed by atoms with Crippen molar-refractivity contribution in [2.75, 3.05) is 13.2 Å². The van der Waals surface area contributed by atoms with Crippen molar-refractivity contribution >= 4 is 17.9 Å². The van der Waals surface area contributed by atoms with Crippen LogP contribution >= 0.6 is 0 Å². The fourth-order valence-corrected chi connectivity index (χ4v) is 7.93. The van der Waals surface area contributed by atoms with Crippen LogP contribution in [0.5, 0.6) is 0 Å². The molecule has 0 aromatic heterocycles. The molecule has 0 saturated carbocycles. The van der Waals surface area contributed by atoms with Crippen LogP contribution in [0.25, 0.3) is 0 Å².